The summed E-state index contributed by atoms with van der Waals surface area (Å²) in [6, 6.07) is 7.81. The largest absolute Gasteiger partial charge is 0.364 e. The molecule has 0 bridgehead atoms. The Balaban J connectivity index is 1.35. The maximum absolute atomic E-state index is 12.7. The summed E-state index contributed by atoms with van der Waals surface area (Å²) in [6.07, 6.45) is 3.39. The SMILES string of the molecule is C=C(C(=O)Nc1ccc(S(=O)(=O)NC(C)C)cc1)N1CCN(c2ncnc3[nH]ccc23)CC1. The average Bonchev–Trinajstić information content (AvgIpc) is 3.27. The molecule has 3 N–H and O–H groups in total. The van der Waals surface area contributed by atoms with Gasteiger partial charge in [-0.15, -0.1) is 0 Å². The molecule has 0 spiro atoms. The van der Waals surface area contributed by atoms with E-state index < -0.39 is 10.0 Å². The number of piperazine rings is 1. The summed E-state index contributed by atoms with van der Waals surface area (Å²) in [5, 5.41) is 3.76. The molecule has 11 heteroatoms. The number of rotatable bonds is 7. The number of fused-ring (bicyclic) bond motifs is 1. The van der Waals surface area contributed by atoms with Crippen molar-refractivity contribution in [2.75, 3.05) is 36.4 Å². The Labute approximate surface area is 192 Å². The van der Waals surface area contributed by atoms with Crippen LogP contribution >= 0.6 is 0 Å². The summed E-state index contributed by atoms with van der Waals surface area (Å²) in [5.41, 5.74) is 1.66. The second-order valence-corrected chi connectivity index (χ2v) is 9.83. The van der Waals surface area contributed by atoms with Crippen LogP contribution in [0, 0.1) is 0 Å². The van der Waals surface area contributed by atoms with E-state index in [9.17, 15) is 13.2 Å². The van der Waals surface area contributed by atoms with Crippen LogP contribution < -0.4 is 14.9 Å². The first-order valence-electron chi connectivity index (χ1n) is 10.7. The van der Waals surface area contributed by atoms with Crippen LogP contribution in [-0.4, -0.2) is 66.4 Å². The van der Waals surface area contributed by atoms with E-state index in [0.29, 0.717) is 37.6 Å². The molecule has 0 atom stereocenters. The molecule has 1 aromatic carbocycles. The predicted molar refractivity (Wildman–Crippen MR) is 127 cm³/mol. The minimum Gasteiger partial charge on any atom is -0.364 e. The molecule has 33 heavy (non-hydrogen) atoms. The number of amides is 1. The van der Waals surface area contributed by atoms with Crippen LogP contribution in [0.25, 0.3) is 11.0 Å². The number of hydrogen-bond acceptors (Lipinski definition) is 7. The van der Waals surface area contributed by atoms with E-state index in [1.807, 2.05) is 17.2 Å². The van der Waals surface area contributed by atoms with Crippen LogP contribution in [0.3, 0.4) is 0 Å². The summed E-state index contributed by atoms with van der Waals surface area (Å²) in [6.45, 7) is 10.1. The van der Waals surface area contributed by atoms with Crippen LogP contribution in [0.4, 0.5) is 11.5 Å². The molecular weight excluding hydrogens is 442 g/mol. The third-order valence-electron chi connectivity index (χ3n) is 5.37. The molecule has 1 saturated heterocycles. The van der Waals surface area contributed by atoms with Crippen molar-refractivity contribution < 1.29 is 13.2 Å². The quantitative estimate of drug-likeness (QED) is 0.452. The van der Waals surface area contributed by atoms with Gasteiger partial charge in [0.05, 0.1) is 16.0 Å². The number of carbonyl (C=O) groups excluding carboxylic acids is 1. The summed E-state index contributed by atoms with van der Waals surface area (Å²) in [7, 11) is -3.58. The molecule has 0 aliphatic carbocycles. The summed E-state index contributed by atoms with van der Waals surface area (Å²) in [4.78, 5) is 28.7. The van der Waals surface area contributed by atoms with Gasteiger partial charge in [-0.05, 0) is 44.2 Å². The van der Waals surface area contributed by atoms with Crippen molar-refractivity contribution in [2.24, 2.45) is 0 Å². The van der Waals surface area contributed by atoms with Crippen LogP contribution in [0.5, 0.6) is 0 Å². The number of aromatic nitrogens is 3. The van der Waals surface area contributed by atoms with Gasteiger partial charge in [0.2, 0.25) is 10.0 Å². The Bertz CT molecular complexity index is 1260. The minimum absolute atomic E-state index is 0.144. The molecule has 1 aliphatic heterocycles. The number of H-pyrrole nitrogens is 1. The molecule has 0 saturated carbocycles. The minimum atomic E-state index is -3.58. The number of aromatic amines is 1. The van der Waals surface area contributed by atoms with E-state index in [1.54, 1.807) is 32.3 Å². The van der Waals surface area contributed by atoms with Crippen LogP contribution in [0.1, 0.15) is 13.8 Å². The second kappa shape index (κ2) is 9.20. The molecule has 1 amide bonds. The fourth-order valence-corrected chi connectivity index (χ4v) is 4.99. The number of nitrogens with one attached hydrogen (secondary N) is 3. The zero-order valence-corrected chi connectivity index (χ0v) is 19.4. The molecule has 10 nitrogen and oxygen atoms in total. The number of hydrogen-bond donors (Lipinski definition) is 3. The van der Waals surface area contributed by atoms with Gasteiger partial charge in [0.15, 0.2) is 0 Å². The highest BCUT2D eigenvalue weighted by Crippen LogP contribution is 2.24. The number of carbonyl (C=O) groups is 1. The Morgan fingerprint density at radius 1 is 1.09 bits per heavy atom. The van der Waals surface area contributed by atoms with Gasteiger partial charge in [0.1, 0.15) is 17.8 Å². The van der Waals surface area contributed by atoms with Crippen molar-refractivity contribution in [1.82, 2.24) is 24.6 Å². The lowest BCUT2D eigenvalue weighted by Gasteiger charge is -2.37. The van der Waals surface area contributed by atoms with E-state index in [4.69, 9.17) is 0 Å². The summed E-state index contributed by atoms with van der Waals surface area (Å²) >= 11 is 0. The highest BCUT2D eigenvalue weighted by molar-refractivity contribution is 7.89. The van der Waals surface area contributed by atoms with Crippen molar-refractivity contribution >= 4 is 38.5 Å². The topological polar surface area (TPSA) is 123 Å². The van der Waals surface area contributed by atoms with E-state index in [0.717, 1.165) is 16.9 Å². The first kappa shape index (κ1) is 22.7. The molecule has 4 rings (SSSR count). The fraction of sp³-hybridized carbons (Fsp3) is 0.318. The maximum Gasteiger partial charge on any atom is 0.271 e. The zero-order chi connectivity index (χ0) is 23.6. The van der Waals surface area contributed by atoms with Crippen LogP contribution in [0.2, 0.25) is 0 Å². The number of anilines is 2. The van der Waals surface area contributed by atoms with Crippen molar-refractivity contribution in [2.45, 2.75) is 24.8 Å². The Hall–Kier alpha value is -3.44. The lowest BCUT2D eigenvalue weighted by atomic mass is 10.2. The van der Waals surface area contributed by atoms with Gasteiger partial charge in [0, 0.05) is 44.1 Å². The van der Waals surface area contributed by atoms with Gasteiger partial charge in [-0.25, -0.2) is 23.1 Å². The van der Waals surface area contributed by atoms with E-state index in [2.05, 4.69) is 36.5 Å². The maximum atomic E-state index is 12.7. The van der Waals surface area contributed by atoms with Crippen LogP contribution in [-0.2, 0) is 14.8 Å². The lowest BCUT2D eigenvalue weighted by molar-refractivity contribution is -0.114. The third-order valence-corrected chi connectivity index (χ3v) is 7.04. The smallest absolute Gasteiger partial charge is 0.271 e. The second-order valence-electron chi connectivity index (χ2n) is 8.11. The number of nitrogens with zero attached hydrogens (tertiary/aromatic N) is 4. The van der Waals surface area contributed by atoms with Gasteiger partial charge in [-0.2, -0.15) is 0 Å². The molecule has 3 aromatic rings. The summed E-state index contributed by atoms with van der Waals surface area (Å²) in [5.74, 6) is 0.549. The normalized spacial score (nSPS) is 14.6. The number of sulfonamides is 1. The van der Waals surface area contributed by atoms with Gasteiger partial charge in [0.25, 0.3) is 5.91 Å². The standard InChI is InChI=1S/C22H27N7O3S/c1-15(2)27-33(31,32)18-6-4-17(5-7-18)26-22(30)16(3)28-10-12-29(13-11-28)21-19-8-9-23-20(19)24-14-25-21/h4-9,14-15,27H,3,10-13H2,1-2H3,(H,26,30)(H,23,24,25). The first-order valence-corrected chi connectivity index (χ1v) is 12.1. The van der Waals surface area contributed by atoms with Crippen molar-refractivity contribution in [3.05, 3.63) is 55.1 Å². The molecule has 1 aliphatic rings. The Kier molecular flexibility index (Phi) is 6.34. The summed E-state index contributed by atoms with van der Waals surface area (Å²) < 4.78 is 27.0. The van der Waals surface area contributed by atoms with Crippen molar-refractivity contribution in [3.63, 3.8) is 0 Å². The Morgan fingerprint density at radius 2 is 1.79 bits per heavy atom. The van der Waals surface area contributed by atoms with Gasteiger partial charge < -0.3 is 20.1 Å². The molecule has 174 valence electrons. The first-order chi connectivity index (χ1) is 15.7. The van der Waals surface area contributed by atoms with Crippen molar-refractivity contribution in [3.8, 4) is 0 Å². The molecule has 3 heterocycles. The molecule has 2 aromatic heterocycles. The van der Waals surface area contributed by atoms with E-state index in [-0.39, 0.29) is 16.8 Å². The fourth-order valence-electron chi connectivity index (χ4n) is 3.74. The molecular formula is C22H27N7O3S. The molecule has 1 fully saturated rings. The zero-order valence-electron chi connectivity index (χ0n) is 18.6. The average molecular weight is 470 g/mol. The van der Waals surface area contributed by atoms with E-state index >= 15 is 0 Å². The van der Waals surface area contributed by atoms with Crippen LogP contribution in [0.15, 0.2) is 60.0 Å². The molecule has 0 unspecified atom stereocenters. The van der Waals surface area contributed by atoms with Gasteiger partial charge in [-0.3, -0.25) is 4.79 Å². The predicted octanol–water partition coefficient (Wildman–Crippen LogP) is 1.92. The highest BCUT2D eigenvalue weighted by atomic mass is 32.2. The number of benzene rings is 1. The van der Waals surface area contributed by atoms with E-state index in [1.165, 1.54) is 12.1 Å². The van der Waals surface area contributed by atoms with Gasteiger partial charge >= 0.3 is 0 Å². The highest BCUT2D eigenvalue weighted by Gasteiger charge is 2.24. The Morgan fingerprint density at radius 3 is 2.45 bits per heavy atom. The lowest BCUT2D eigenvalue weighted by Crippen LogP contribution is -2.47. The monoisotopic (exact) mass is 469 g/mol. The third kappa shape index (κ3) is 4.99. The molecule has 0 radical (unpaired) electrons. The van der Waals surface area contributed by atoms with Gasteiger partial charge in [-0.1, -0.05) is 6.58 Å². The van der Waals surface area contributed by atoms with Crippen molar-refractivity contribution in [1.29, 1.82) is 0 Å².